The quantitative estimate of drug-likeness (QED) is 0.316. The average Bonchev–Trinajstić information content (AvgIpc) is 2.26. The van der Waals surface area contributed by atoms with Crippen molar-refractivity contribution in [2.75, 3.05) is 6.61 Å². The van der Waals surface area contributed by atoms with Crippen molar-refractivity contribution < 1.29 is 31.0 Å². The van der Waals surface area contributed by atoms with E-state index in [-0.39, 0.29) is 19.4 Å². The molecular weight excluding hydrogens is 310 g/mol. The van der Waals surface area contributed by atoms with Gasteiger partial charge in [-0.2, -0.15) is 16.8 Å². The summed E-state index contributed by atoms with van der Waals surface area (Å²) in [6.45, 7) is 1.38. The van der Waals surface area contributed by atoms with Crippen LogP contribution in [0.3, 0.4) is 0 Å². The normalized spacial score (nSPS) is 17.6. The molecule has 122 valence electrons. The second-order valence-corrected chi connectivity index (χ2v) is 8.00. The van der Waals surface area contributed by atoms with Gasteiger partial charge in [0, 0.05) is 12.6 Å². The van der Waals surface area contributed by atoms with Crippen molar-refractivity contribution in [3.8, 4) is 0 Å². The smallest absolute Gasteiger partial charge is 0.269 e. The van der Waals surface area contributed by atoms with Crippen molar-refractivity contribution in [1.82, 2.24) is 0 Å². The Kier molecular flexibility index (Phi) is 8.14. The van der Waals surface area contributed by atoms with Gasteiger partial charge in [0.1, 0.15) is 10.5 Å². The Morgan fingerprint density at radius 1 is 1.00 bits per heavy atom. The van der Waals surface area contributed by atoms with Crippen molar-refractivity contribution in [3.63, 3.8) is 0 Å². The van der Waals surface area contributed by atoms with E-state index in [1.165, 1.54) is 6.92 Å². The molecule has 0 rings (SSSR count). The molecule has 3 unspecified atom stereocenters. The molecule has 0 aliphatic carbocycles. The minimum absolute atomic E-state index is 0.0168. The van der Waals surface area contributed by atoms with Crippen molar-refractivity contribution in [3.05, 3.63) is 0 Å². The van der Waals surface area contributed by atoms with Gasteiger partial charge in [0.2, 0.25) is 0 Å². The fourth-order valence-corrected chi connectivity index (χ4v) is 4.89. The Bertz CT molecular complexity index is 474. The summed E-state index contributed by atoms with van der Waals surface area (Å²) < 4.78 is 63.3. The van der Waals surface area contributed by atoms with Crippen LogP contribution in [-0.4, -0.2) is 54.2 Å². The number of hydrogen-bond acceptors (Lipinski definition) is 6. The zero-order valence-corrected chi connectivity index (χ0v) is 13.0. The van der Waals surface area contributed by atoms with E-state index in [1.54, 1.807) is 0 Å². The highest BCUT2D eigenvalue weighted by atomic mass is 32.2. The van der Waals surface area contributed by atoms with Gasteiger partial charge >= 0.3 is 0 Å². The van der Waals surface area contributed by atoms with Gasteiger partial charge in [-0.05, 0) is 32.1 Å². The van der Waals surface area contributed by atoms with Gasteiger partial charge in [-0.25, -0.2) is 0 Å². The third-order valence-electron chi connectivity index (χ3n) is 3.10. The summed E-state index contributed by atoms with van der Waals surface area (Å²) in [4.78, 5) is 0. The molecule has 0 bridgehead atoms. The lowest BCUT2D eigenvalue weighted by molar-refractivity contribution is 0.280. The molecule has 0 amide bonds. The Morgan fingerprint density at radius 3 is 1.85 bits per heavy atom. The highest BCUT2D eigenvalue weighted by Crippen LogP contribution is 2.21. The van der Waals surface area contributed by atoms with Gasteiger partial charge < -0.3 is 10.8 Å². The molecule has 0 aromatic heterocycles. The maximum Gasteiger partial charge on any atom is 0.269 e. The van der Waals surface area contributed by atoms with Gasteiger partial charge in [-0.15, -0.1) is 0 Å². The SMILES string of the molecule is CCC(C(CC(N)CCCCO)S(=O)(=O)O)S(=O)(=O)O. The number of hydrogen-bond donors (Lipinski definition) is 4. The molecule has 0 saturated heterocycles. The molecule has 5 N–H and O–H groups in total. The van der Waals surface area contributed by atoms with Crippen LogP contribution in [0, 0.1) is 0 Å². The first-order chi connectivity index (χ1) is 9.04. The summed E-state index contributed by atoms with van der Waals surface area (Å²) in [5.74, 6) is 0. The fourth-order valence-electron chi connectivity index (χ4n) is 2.07. The van der Waals surface area contributed by atoms with Crippen LogP contribution in [0.15, 0.2) is 0 Å². The lowest BCUT2D eigenvalue weighted by Gasteiger charge is -2.24. The zero-order chi connectivity index (χ0) is 16.0. The number of aliphatic hydroxyl groups is 1. The van der Waals surface area contributed by atoms with E-state index in [1.807, 2.05) is 0 Å². The van der Waals surface area contributed by atoms with Gasteiger partial charge in [0.15, 0.2) is 0 Å². The summed E-state index contributed by atoms with van der Waals surface area (Å²) >= 11 is 0. The third-order valence-corrected chi connectivity index (χ3v) is 5.99. The first-order valence-electron chi connectivity index (χ1n) is 6.33. The van der Waals surface area contributed by atoms with E-state index in [9.17, 15) is 16.8 Å². The Balaban J connectivity index is 5.01. The van der Waals surface area contributed by atoms with Crippen LogP contribution < -0.4 is 5.73 Å². The maximum absolute atomic E-state index is 11.3. The van der Waals surface area contributed by atoms with Gasteiger partial charge in [0.05, 0.1) is 0 Å². The molecule has 0 aromatic rings. The summed E-state index contributed by atoms with van der Waals surface area (Å²) in [5.41, 5.74) is 5.71. The van der Waals surface area contributed by atoms with Crippen molar-refractivity contribution in [2.24, 2.45) is 5.73 Å². The lowest BCUT2D eigenvalue weighted by atomic mass is 10.0. The number of nitrogens with two attached hydrogens (primary N) is 1. The Labute approximate surface area is 119 Å². The molecule has 0 radical (unpaired) electrons. The lowest BCUT2D eigenvalue weighted by Crippen LogP contribution is -2.43. The predicted molar refractivity (Wildman–Crippen MR) is 74.5 cm³/mol. The number of aliphatic hydroxyl groups excluding tert-OH is 1. The minimum Gasteiger partial charge on any atom is -0.396 e. The van der Waals surface area contributed by atoms with Crippen LogP contribution in [0.1, 0.15) is 39.0 Å². The van der Waals surface area contributed by atoms with E-state index in [0.29, 0.717) is 19.3 Å². The first-order valence-corrected chi connectivity index (χ1v) is 9.33. The Morgan fingerprint density at radius 2 is 1.50 bits per heavy atom. The predicted octanol–water partition coefficient (Wildman–Crippen LogP) is -0.211. The summed E-state index contributed by atoms with van der Waals surface area (Å²) in [6.07, 6.45) is 1.00. The highest BCUT2D eigenvalue weighted by molar-refractivity contribution is 7.90. The molecule has 0 aliphatic heterocycles. The molecular formula is C10H23NO7S2. The van der Waals surface area contributed by atoms with Crippen molar-refractivity contribution >= 4 is 20.2 Å². The number of rotatable bonds is 10. The molecule has 0 aromatic carbocycles. The summed E-state index contributed by atoms with van der Waals surface area (Å²) in [5, 5.41) is 5.36. The van der Waals surface area contributed by atoms with Crippen LogP contribution in [0.4, 0.5) is 0 Å². The van der Waals surface area contributed by atoms with Crippen LogP contribution in [-0.2, 0) is 20.2 Å². The standard InChI is InChI=1S/C10H23NO7S2/c1-2-9(19(13,14)15)10(20(16,17)18)7-8(11)5-3-4-6-12/h8-10,12H,2-7,11H2,1H3,(H,13,14,15)(H,16,17,18). The van der Waals surface area contributed by atoms with Gasteiger partial charge in [0.25, 0.3) is 20.2 Å². The molecule has 0 heterocycles. The van der Waals surface area contributed by atoms with E-state index in [0.717, 1.165) is 0 Å². The monoisotopic (exact) mass is 333 g/mol. The molecule has 0 aliphatic rings. The van der Waals surface area contributed by atoms with E-state index >= 15 is 0 Å². The molecule has 3 atom stereocenters. The average molecular weight is 333 g/mol. The molecule has 0 spiro atoms. The fraction of sp³-hybridized carbons (Fsp3) is 1.00. The molecule has 20 heavy (non-hydrogen) atoms. The van der Waals surface area contributed by atoms with Crippen LogP contribution >= 0.6 is 0 Å². The van der Waals surface area contributed by atoms with Crippen LogP contribution in [0.2, 0.25) is 0 Å². The number of unbranched alkanes of at least 4 members (excludes halogenated alkanes) is 1. The van der Waals surface area contributed by atoms with Gasteiger partial charge in [-0.3, -0.25) is 9.11 Å². The summed E-state index contributed by atoms with van der Waals surface area (Å²) in [6, 6.07) is -0.649. The van der Waals surface area contributed by atoms with Crippen LogP contribution in [0.5, 0.6) is 0 Å². The molecule has 0 saturated carbocycles. The highest BCUT2D eigenvalue weighted by Gasteiger charge is 2.39. The van der Waals surface area contributed by atoms with Crippen molar-refractivity contribution in [2.45, 2.75) is 55.6 Å². The molecule has 8 nitrogen and oxygen atoms in total. The van der Waals surface area contributed by atoms with Gasteiger partial charge in [-0.1, -0.05) is 6.92 Å². The van der Waals surface area contributed by atoms with Crippen molar-refractivity contribution in [1.29, 1.82) is 0 Å². The second-order valence-electron chi connectivity index (χ2n) is 4.73. The molecule has 0 fully saturated rings. The van der Waals surface area contributed by atoms with E-state index in [2.05, 4.69) is 0 Å². The Hall–Kier alpha value is -0.260. The topological polar surface area (TPSA) is 155 Å². The first kappa shape index (κ1) is 19.7. The van der Waals surface area contributed by atoms with Crippen LogP contribution in [0.25, 0.3) is 0 Å². The maximum atomic E-state index is 11.3. The van der Waals surface area contributed by atoms with E-state index in [4.69, 9.17) is 19.9 Å². The largest absolute Gasteiger partial charge is 0.396 e. The van der Waals surface area contributed by atoms with E-state index < -0.39 is 36.8 Å². The summed E-state index contributed by atoms with van der Waals surface area (Å²) in [7, 11) is -9.26. The minimum atomic E-state index is -4.65. The third kappa shape index (κ3) is 6.95. The zero-order valence-electron chi connectivity index (χ0n) is 11.3. The molecule has 10 heteroatoms. The second kappa shape index (κ2) is 8.25.